The molecular formula is C32H32ClFN6O6. The lowest BCUT2D eigenvalue weighted by molar-refractivity contribution is -0.138. The van der Waals surface area contributed by atoms with Gasteiger partial charge in [-0.25, -0.2) is 24.1 Å². The van der Waals surface area contributed by atoms with Gasteiger partial charge < -0.3 is 29.4 Å². The summed E-state index contributed by atoms with van der Waals surface area (Å²) in [6, 6.07) is 7.68. The smallest absolute Gasteiger partial charge is 0.326 e. The number of hydrogen-bond acceptors (Lipinski definition) is 9. The number of carboxylic acids is 1. The summed E-state index contributed by atoms with van der Waals surface area (Å²) in [5, 5.41) is 14.1. The molecule has 2 N–H and O–H groups in total. The molecular weight excluding hydrogens is 619 g/mol. The van der Waals surface area contributed by atoms with E-state index in [0.29, 0.717) is 22.9 Å². The van der Waals surface area contributed by atoms with E-state index >= 15 is 4.39 Å². The lowest BCUT2D eigenvalue weighted by Gasteiger charge is -2.42. The number of hydrogen-bond donors (Lipinski definition) is 2. The average Bonchev–Trinajstić information content (AvgIpc) is 3.62. The highest BCUT2D eigenvalue weighted by atomic mass is 35.5. The maximum absolute atomic E-state index is 17.0. The van der Waals surface area contributed by atoms with Gasteiger partial charge in [-0.1, -0.05) is 30.7 Å². The molecule has 0 unspecified atom stereocenters. The van der Waals surface area contributed by atoms with Gasteiger partial charge in [-0.2, -0.15) is 0 Å². The fraction of sp³-hybridized carbons (Fsp3) is 0.438. The van der Waals surface area contributed by atoms with Crippen LogP contribution in [0.5, 0.6) is 5.88 Å². The lowest BCUT2D eigenvalue weighted by atomic mass is 9.78. The zero-order valence-corrected chi connectivity index (χ0v) is 25.8. The summed E-state index contributed by atoms with van der Waals surface area (Å²) in [6.07, 6.45) is 1.13. The molecule has 4 aliphatic rings. The number of carbonyl (C=O) groups is 3. The highest BCUT2D eigenvalue weighted by Gasteiger charge is 2.47. The molecule has 4 aromatic rings. The first-order chi connectivity index (χ1) is 22.1. The van der Waals surface area contributed by atoms with Gasteiger partial charge in [0.2, 0.25) is 17.7 Å². The maximum atomic E-state index is 17.0. The van der Waals surface area contributed by atoms with Crippen LogP contribution >= 0.6 is 11.6 Å². The topological polar surface area (TPSA) is 151 Å². The number of fused-ring (bicyclic) bond motifs is 11. The number of pyridine rings is 1. The number of halogens is 2. The largest absolute Gasteiger partial charge is 0.480 e. The Bertz CT molecular complexity index is 1870. The summed E-state index contributed by atoms with van der Waals surface area (Å²) in [5.74, 6) is -1.74. The van der Waals surface area contributed by atoms with Crippen LogP contribution in [0.15, 0.2) is 40.9 Å². The summed E-state index contributed by atoms with van der Waals surface area (Å²) in [4.78, 5) is 55.5. The number of carbonyl (C=O) groups excluding carboxylic acids is 2. The molecule has 4 atom stereocenters. The zero-order chi connectivity index (χ0) is 32.2. The molecule has 8 rings (SSSR count). The van der Waals surface area contributed by atoms with Crippen LogP contribution in [0.2, 0.25) is 5.02 Å². The van der Waals surface area contributed by atoms with E-state index in [-0.39, 0.29) is 97.4 Å². The first kappa shape index (κ1) is 30.2. The number of ether oxygens (including phenoxy) is 1. The van der Waals surface area contributed by atoms with E-state index in [1.54, 1.807) is 22.8 Å². The number of carboxylic acid groups (broad SMARTS) is 1. The Balaban J connectivity index is 1.33. The Morgan fingerprint density at radius 1 is 1.22 bits per heavy atom. The average molecular weight is 651 g/mol. The lowest BCUT2D eigenvalue weighted by Crippen LogP contribution is -2.49. The summed E-state index contributed by atoms with van der Waals surface area (Å²) < 4.78 is 29.4. The zero-order valence-electron chi connectivity index (χ0n) is 25.0. The Labute approximate surface area is 267 Å². The molecule has 2 saturated heterocycles. The van der Waals surface area contributed by atoms with Crippen LogP contribution in [0.3, 0.4) is 0 Å². The highest BCUT2D eigenvalue weighted by Crippen LogP contribution is 2.46. The minimum atomic E-state index is -1.90. The van der Waals surface area contributed by atoms with E-state index in [1.807, 2.05) is 18.2 Å². The number of alkyl halides is 1. The first-order valence-electron chi connectivity index (χ1n) is 15.3. The van der Waals surface area contributed by atoms with Gasteiger partial charge in [-0.15, -0.1) is 0 Å². The second-order valence-corrected chi connectivity index (χ2v) is 12.6. The number of nitrogens with one attached hydrogen (secondary N) is 1. The second-order valence-electron chi connectivity index (χ2n) is 12.2. The summed E-state index contributed by atoms with van der Waals surface area (Å²) in [6.45, 7) is 2.43. The molecule has 14 heteroatoms. The van der Waals surface area contributed by atoms with E-state index in [2.05, 4.69) is 20.3 Å². The van der Waals surface area contributed by atoms with Crippen LogP contribution in [-0.4, -0.2) is 81.1 Å². The number of aromatic nitrogens is 3. The van der Waals surface area contributed by atoms with Crippen molar-refractivity contribution < 1.29 is 33.0 Å². The van der Waals surface area contributed by atoms with Gasteiger partial charge in [-0.05, 0) is 24.6 Å². The number of amides is 2. The van der Waals surface area contributed by atoms with Gasteiger partial charge in [0, 0.05) is 56.4 Å². The number of anilines is 1. The fourth-order valence-electron chi connectivity index (χ4n) is 6.79. The third-order valence-electron chi connectivity index (χ3n) is 9.19. The van der Waals surface area contributed by atoms with E-state index in [4.69, 9.17) is 20.8 Å². The monoisotopic (exact) mass is 650 g/mol. The quantitative estimate of drug-likeness (QED) is 0.309. The van der Waals surface area contributed by atoms with Gasteiger partial charge in [0.1, 0.15) is 34.7 Å². The van der Waals surface area contributed by atoms with Gasteiger partial charge >= 0.3 is 5.97 Å². The second kappa shape index (κ2) is 11.7. The fourth-order valence-corrected chi connectivity index (χ4v) is 6.95. The molecule has 240 valence electrons. The van der Waals surface area contributed by atoms with Gasteiger partial charge in [-0.3, -0.25) is 9.59 Å². The highest BCUT2D eigenvalue weighted by molar-refractivity contribution is 6.30. The van der Waals surface area contributed by atoms with Gasteiger partial charge in [0.15, 0.2) is 11.4 Å². The molecule has 0 aliphatic carbocycles. The Morgan fingerprint density at radius 2 is 2.04 bits per heavy atom. The predicted octanol–water partition coefficient (Wildman–Crippen LogP) is 4.02. The van der Waals surface area contributed by atoms with Crippen molar-refractivity contribution in [2.24, 2.45) is 5.92 Å². The molecule has 0 radical (unpaired) electrons. The predicted molar refractivity (Wildman–Crippen MR) is 165 cm³/mol. The van der Waals surface area contributed by atoms with Crippen molar-refractivity contribution >= 4 is 57.3 Å². The first-order valence-corrected chi connectivity index (χ1v) is 15.7. The maximum Gasteiger partial charge on any atom is 0.326 e. The molecule has 2 amide bonds. The molecule has 3 aromatic heterocycles. The Hall–Kier alpha value is -4.52. The number of piperidine rings is 1. The molecule has 1 aromatic carbocycles. The summed E-state index contributed by atoms with van der Waals surface area (Å²) >= 11 is 6.31. The van der Waals surface area contributed by atoms with Crippen molar-refractivity contribution in [3.05, 3.63) is 52.9 Å². The summed E-state index contributed by atoms with van der Waals surface area (Å²) in [5.41, 5.74) is -0.459. The van der Waals surface area contributed by atoms with E-state index in [0.717, 1.165) is 0 Å². The van der Waals surface area contributed by atoms with Crippen LogP contribution in [0.1, 0.15) is 44.0 Å². The van der Waals surface area contributed by atoms with Crippen molar-refractivity contribution in [1.82, 2.24) is 25.2 Å². The van der Waals surface area contributed by atoms with Crippen molar-refractivity contribution in [1.29, 1.82) is 0 Å². The van der Waals surface area contributed by atoms with E-state index in [9.17, 15) is 19.5 Å². The molecule has 4 aliphatic heterocycles. The molecule has 6 bridgehead atoms. The minimum Gasteiger partial charge on any atom is -0.480 e. The SMILES string of the molecule is C[C@H]1CN2CC[C@]1(F)c1cc(Cl)cnc1O[C@H]1C[C@@H](C(=O)O)N(C1)c1nc(nc3c1oc1ccccc13)CC(=O)NCCCC2=O. The van der Waals surface area contributed by atoms with Crippen LogP contribution < -0.4 is 15.0 Å². The number of furan rings is 1. The van der Waals surface area contributed by atoms with Crippen molar-refractivity contribution in [2.45, 2.75) is 56.8 Å². The minimum absolute atomic E-state index is 0.0112. The summed E-state index contributed by atoms with van der Waals surface area (Å²) in [7, 11) is 0. The molecule has 0 saturated carbocycles. The number of para-hydroxylation sites is 1. The van der Waals surface area contributed by atoms with Crippen LogP contribution in [0.4, 0.5) is 10.2 Å². The Morgan fingerprint density at radius 3 is 2.85 bits per heavy atom. The van der Waals surface area contributed by atoms with Crippen molar-refractivity contribution in [3.8, 4) is 5.88 Å². The van der Waals surface area contributed by atoms with Crippen LogP contribution in [0.25, 0.3) is 22.1 Å². The molecule has 2 fully saturated rings. The standard InChI is InChI=1S/C32H32ClFN6O6/c1-17-15-39-10-8-32(17,34)21-11-18(33)14-36-30(21)45-19-12-22(31(43)44)40(16-19)29-28-27(20-5-2-3-6-23(20)46-28)37-24(38-29)13-25(41)35-9-4-7-26(39)42/h2-3,5-6,11,14,17,19,22H,4,7-10,12-13,15-16H2,1H3,(H,35,41)(H,43,44)/t17-,19-,22-,32+/m0/s1. The van der Waals surface area contributed by atoms with Crippen molar-refractivity contribution in [2.75, 3.05) is 31.1 Å². The normalized spacial score (nSPS) is 25.8. The van der Waals surface area contributed by atoms with Gasteiger partial charge in [0.05, 0.1) is 23.6 Å². The van der Waals surface area contributed by atoms with Crippen molar-refractivity contribution in [3.63, 3.8) is 0 Å². The Kier molecular flexibility index (Phi) is 7.66. The van der Waals surface area contributed by atoms with E-state index in [1.165, 1.54) is 12.3 Å². The third kappa shape index (κ3) is 5.36. The van der Waals surface area contributed by atoms with Gasteiger partial charge in [0.25, 0.3) is 0 Å². The van der Waals surface area contributed by atoms with Crippen LogP contribution in [-0.2, 0) is 26.5 Å². The third-order valence-corrected chi connectivity index (χ3v) is 9.40. The number of nitrogens with zero attached hydrogens (tertiary/aromatic N) is 5. The molecule has 7 heterocycles. The number of rotatable bonds is 1. The van der Waals surface area contributed by atoms with Crippen LogP contribution in [0, 0.1) is 5.92 Å². The number of aliphatic carboxylic acids is 1. The molecule has 0 spiro atoms. The molecule has 12 nitrogen and oxygen atoms in total. The molecule has 46 heavy (non-hydrogen) atoms. The van der Waals surface area contributed by atoms with E-state index < -0.39 is 29.7 Å². The number of benzene rings is 1.